The van der Waals surface area contributed by atoms with Gasteiger partial charge >= 0.3 is 12.0 Å². The number of nitrogens with one attached hydrogen (secondary N) is 2. The molecule has 1 unspecified atom stereocenters. The fourth-order valence-electron chi connectivity index (χ4n) is 3.28. The van der Waals surface area contributed by atoms with Crippen LogP contribution >= 0.6 is 12.6 Å². The number of hydrogen-bond acceptors (Lipinski definition) is 6. The smallest absolute Gasteiger partial charge is 0.327 e. The lowest BCUT2D eigenvalue weighted by Gasteiger charge is -2.30. The zero-order chi connectivity index (χ0) is 25.0. The number of likely N-dealkylation sites (N-methyl/N-ethyl adjacent to an activating group) is 1. The molecule has 1 rings (SSSR count). The predicted molar refractivity (Wildman–Crippen MR) is 122 cm³/mol. The monoisotopic (exact) mass is 472 g/mol. The van der Waals surface area contributed by atoms with Crippen LogP contribution in [0.1, 0.15) is 60.8 Å². The first-order valence-corrected chi connectivity index (χ1v) is 11.2. The third-order valence-corrected chi connectivity index (χ3v) is 6.16. The van der Waals surface area contributed by atoms with Crippen LogP contribution in [-0.2, 0) is 19.2 Å². The van der Waals surface area contributed by atoms with Crippen molar-refractivity contribution in [2.45, 2.75) is 83.7 Å². The molecule has 0 aromatic heterocycles. The molecule has 1 fully saturated rings. The van der Waals surface area contributed by atoms with Crippen molar-refractivity contribution in [3.63, 3.8) is 0 Å². The third-order valence-electron chi connectivity index (χ3n) is 5.66. The van der Waals surface area contributed by atoms with Crippen LogP contribution in [0.3, 0.4) is 0 Å². The first kappa shape index (κ1) is 27.7. The fourth-order valence-corrected chi connectivity index (χ4v) is 3.47. The SMILES string of the molecule is CCC[C@H](NC(=O)C(S)CCN1C(=O)N(C)C(C)(C)C1=O)C(=O)N[C@H](C(=O)O)C(C)(C)C. The van der Waals surface area contributed by atoms with E-state index < -0.39 is 52.1 Å². The number of thiol groups is 1. The van der Waals surface area contributed by atoms with E-state index in [1.165, 1.54) is 4.90 Å². The molecular formula is C21H36N4O6S. The van der Waals surface area contributed by atoms with Gasteiger partial charge in [0.15, 0.2) is 0 Å². The van der Waals surface area contributed by atoms with Crippen molar-refractivity contribution in [2.75, 3.05) is 13.6 Å². The van der Waals surface area contributed by atoms with Gasteiger partial charge in [-0.2, -0.15) is 12.6 Å². The highest BCUT2D eigenvalue weighted by atomic mass is 32.1. The van der Waals surface area contributed by atoms with Crippen LogP contribution in [0, 0.1) is 5.41 Å². The standard InChI is InChI=1S/C21H36N4O6S/c1-8-9-12(15(26)23-14(17(28)29)20(2,3)4)22-16(27)13(32)10-11-25-18(30)21(5,6)24(7)19(25)31/h12-14,32H,8-11H2,1-7H3,(H,22,27)(H,23,26)(H,28,29)/t12-,13?,14+/m0/s1. The second kappa shape index (κ2) is 10.5. The summed E-state index contributed by atoms with van der Waals surface area (Å²) in [5.41, 5.74) is -1.67. The van der Waals surface area contributed by atoms with Crippen molar-refractivity contribution in [2.24, 2.45) is 5.41 Å². The number of carboxylic acids is 1. The second-order valence-electron chi connectivity index (χ2n) is 9.66. The number of urea groups is 1. The molecule has 0 spiro atoms. The summed E-state index contributed by atoms with van der Waals surface area (Å²) in [6.07, 6.45) is 1.01. The Morgan fingerprint density at radius 3 is 2.06 bits per heavy atom. The topological polar surface area (TPSA) is 136 Å². The number of imide groups is 1. The van der Waals surface area contributed by atoms with Gasteiger partial charge in [-0.15, -0.1) is 0 Å². The van der Waals surface area contributed by atoms with Crippen molar-refractivity contribution in [1.29, 1.82) is 0 Å². The Kier molecular flexibility index (Phi) is 9.14. The average Bonchev–Trinajstić information content (AvgIpc) is 2.82. The van der Waals surface area contributed by atoms with E-state index in [1.54, 1.807) is 41.7 Å². The minimum atomic E-state index is -1.16. The summed E-state index contributed by atoms with van der Waals surface area (Å²) in [4.78, 5) is 64.1. The first-order valence-electron chi connectivity index (χ1n) is 10.7. The molecule has 0 aromatic rings. The summed E-state index contributed by atoms with van der Waals surface area (Å²) >= 11 is 4.28. The molecule has 0 aromatic carbocycles. The Morgan fingerprint density at radius 2 is 1.66 bits per heavy atom. The largest absolute Gasteiger partial charge is 0.480 e. The van der Waals surface area contributed by atoms with Gasteiger partial charge in [-0.1, -0.05) is 34.1 Å². The molecule has 1 aliphatic heterocycles. The molecule has 3 N–H and O–H groups in total. The van der Waals surface area contributed by atoms with Crippen molar-refractivity contribution < 1.29 is 29.1 Å². The van der Waals surface area contributed by atoms with E-state index in [9.17, 15) is 29.1 Å². The quantitative estimate of drug-likeness (QED) is 0.279. The summed E-state index contributed by atoms with van der Waals surface area (Å²) in [6.45, 7) is 10.2. The highest BCUT2D eigenvalue weighted by molar-refractivity contribution is 7.81. The summed E-state index contributed by atoms with van der Waals surface area (Å²) in [6, 6.07) is -2.48. The van der Waals surface area contributed by atoms with E-state index in [4.69, 9.17) is 0 Å². The molecule has 0 radical (unpaired) electrons. The maximum atomic E-state index is 12.7. The Labute approximate surface area is 194 Å². The van der Waals surface area contributed by atoms with E-state index in [0.29, 0.717) is 12.8 Å². The highest BCUT2D eigenvalue weighted by Crippen LogP contribution is 2.26. The van der Waals surface area contributed by atoms with Crippen molar-refractivity contribution in [3.05, 3.63) is 0 Å². The molecule has 32 heavy (non-hydrogen) atoms. The van der Waals surface area contributed by atoms with Gasteiger partial charge in [0.25, 0.3) is 5.91 Å². The van der Waals surface area contributed by atoms with Gasteiger partial charge < -0.3 is 20.6 Å². The number of amides is 5. The molecule has 5 amide bonds. The van der Waals surface area contributed by atoms with E-state index in [2.05, 4.69) is 23.3 Å². The number of hydrogen-bond donors (Lipinski definition) is 4. The molecule has 3 atom stereocenters. The predicted octanol–water partition coefficient (Wildman–Crippen LogP) is 1.25. The molecular weight excluding hydrogens is 436 g/mol. The number of carbonyl (C=O) groups is 5. The third kappa shape index (κ3) is 6.36. The van der Waals surface area contributed by atoms with E-state index in [0.717, 1.165) is 4.90 Å². The molecule has 1 aliphatic rings. The van der Waals surface area contributed by atoms with Crippen LogP contribution in [0.5, 0.6) is 0 Å². The molecule has 1 saturated heterocycles. The average molecular weight is 473 g/mol. The molecule has 11 heteroatoms. The highest BCUT2D eigenvalue weighted by Gasteiger charge is 2.49. The summed E-state index contributed by atoms with van der Waals surface area (Å²) in [5.74, 6) is -2.63. The normalized spacial score (nSPS) is 18.9. The van der Waals surface area contributed by atoms with Crippen LogP contribution in [0.2, 0.25) is 0 Å². The Morgan fingerprint density at radius 1 is 1.09 bits per heavy atom. The van der Waals surface area contributed by atoms with Crippen LogP contribution in [0.15, 0.2) is 0 Å². The van der Waals surface area contributed by atoms with E-state index in [1.807, 2.05) is 6.92 Å². The van der Waals surface area contributed by atoms with Crippen molar-refractivity contribution in [3.8, 4) is 0 Å². The van der Waals surface area contributed by atoms with E-state index >= 15 is 0 Å². The van der Waals surface area contributed by atoms with Crippen LogP contribution in [0.4, 0.5) is 4.79 Å². The molecule has 10 nitrogen and oxygen atoms in total. The lowest BCUT2D eigenvalue weighted by molar-refractivity contribution is -0.145. The van der Waals surface area contributed by atoms with Gasteiger partial charge in [0.1, 0.15) is 17.6 Å². The van der Waals surface area contributed by atoms with E-state index in [-0.39, 0.29) is 18.9 Å². The van der Waals surface area contributed by atoms with Gasteiger partial charge in [-0.05, 0) is 32.1 Å². The van der Waals surface area contributed by atoms with Crippen LogP contribution in [-0.4, -0.2) is 81.1 Å². The lowest BCUT2D eigenvalue weighted by Crippen LogP contribution is -2.56. The molecule has 0 saturated carbocycles. The molecule has 1 heterocycles. The Balaban J connectivity index is 2.77. The van der Waals surface area contributed by atoms with Crippen molar-refractivity contribution >= 4 is 42.4 Å². The summed E-state index contributed by atoms with van der Waals surface area (Å²) < 4.78 is 0. The number of rotatable bonds is 10. The van der Waals surface area contributed by atoms with Gasteiger partial charge in [0.2, 0.25) is 11.8 Å². The Bertz CT molecular complexity index is 764. The van der Waals surface area contributed by atoms with Gasteiger partial charge in [-0.3, -0.25) is 19.3 Å². The number of carbonyl (C=O) groups excluding carboxylic acids is 4. The zero-order valence-corrected chi connectivity index (χ0v) is 20.8. The first-order chi connectivity index (χ1) is 14.5. The van der Waals surface area contributed by atoms with Gasteiger partial charge in [-0.25, -0.2) is 9.59 Å². The van der Waals surface area contributed by atoms with Crippen molar-refractivity contribution in [1.82, 2.24) is 20.4 Å². The van der Waals surface area contributed by atoms with Crippen LogP contribution < -0.4 is 10.6 Å². The lowest BCUT2D eigenvalue weighted by atomic mass is 9.86. The van der Waals surface area contributed by atoms with Gasteiger partial charge in [0, 0.05) is 13.6 Å². The maximum absolute atomic E-state index is 12.7. The number of nitrogens with zero attached hydrogens (tertiary/aromatic N) is 2. The number of carboxylic acid groups (broad SMARTS) is 1. The zero-order valence-electron chi connectivity index (χ0n) is 19.9. The molecule has 0 aliphatic carbocycles. The fraction of sp³-hybridized carbons (Fsp3) is 0.762. The molecule has 182 valence electrons. The second-order valence-corrected chi connectivity index (χ2v) is 10.3. The Hall–Kier alpha value is -2.30. The minimum Gasteiger partial charge on any atom is -0.480 e. The summed E-state index contributed by atoms with van der Waals surface area (Å²) in [5, 5.41) is 13.7. The summed E-state index contributed by atoms with van der Waals surface area (Å²) in [7, 11) is 1.54. The minimum absolute atomic E-state index is 0.0166. The van der Waals surface area contributed by atoms with Crippen LogP contribution in [0.25, 0.3) is 0 Å². The maximum Gasteiger partial charge on any atom is 0.327 e. The number of aliphatic carboxylic acids is 1. The van der Waals surface area contributed by atoms with Gasteiger partial charge in [0.05, 0.1) is 5.25 Å². The molecule has 0 bridgehead atoms.